The molecule has 0 unspecified atom stereocenters. The van der Waals surface area contributed by atoms with Gasteiger partial charge in [-0.3, -0.25) is 0 Å². The number of benzene rings is 1. The SMILES string of the molecule is COc1ccc(CNC(C)(C)C)cc1OCOCC1CC1. The van der Waals surface area contributed by atoms with Crippen LogP contribution >= 0.6 is 0 Å². The molecular formula is C17H27NO3. The summed E-state index contributed by atoms with van der Waals surface area (Å²) in [6.07, 6.45) is 2.58. The molecular weight excluding hydrogens is 266 g/mol. The molecule has 0 spiro atoms. The van der Waals surface area contributed by atoms with E-state index in [1.807, 2.05) is 12.1 Å². The fraction of sp³-hybridized carbons (Fsp3) is 0.647. The van der Waals surface area contributed by atoms with E-state index in [9.17, 15) is 0 Å². The van der Waals surface area contributed by atoms with Gasteiger partial charge in [-0.05, 0) is 57.2 Å². The van der Waals surface area contributed by atoms with Gasteiger partial charge in [0.25, 0.3) is 0 Å². The van der Waals surface area contributed by atoms with Crippen LogP contribution in [0.2, 0.25) is 0 Å². The molecule has 0 aromatic heterocycles. The molecule has 118 valence electrons. The molecule has 1 aliphatic rings. The Bertz CT molecular complexity index is 450. The molecule has 0 saturated heterocycles. The molecule has 0 heterocycles. The summed E-state index contributed by atoms with van der Waals surface area (Å²) in [5.74, 6) is 2.23. The molecule has 1 aromatic carbocycles. The van der Waals surface area contributed by atoms with Crippen molar-refractivity contribution in [3.63, 3.8) is 0 Å². The molecule has 0 aliphatic heterocycles. The minimum Gasteiger partial charge on any atom is -0.493 e. The van der Waals surface area contributed by atoms with Crippen LogP contribution in [0.15, 0.2) is 18.2 Å². The fourth-order valence-electron chi connectivity index (χ4n) is 1.92. The lowest BCUT2D eigenvalue weighted by atomic mass is 10.1. The predicted octanol–water partition coefficient (Wildman–Crippen LogP) is 3.35. The van der Waals surface area contributed by atoms with Crippen molar-refractivity contribution in [2.75, 3.05) is 20.5 Å². The highest BCUT2D eigenvalue weighted by atomic mass is 16.7. The van der Waals surface area contributed by atoms with E-state index in [0.29, 0.717) is 0 Å². The average Bonchev–Trinajstić information content (AvgIpc) is 3.25. The summed E-state index contributed by atoms with van der Waals surface area (Å²) in [6, 6.07) is 6.00. The van der Waals surface area contributed by atoms with Crippen molar-refractivity contribution in [3.05, 3.63) is 23.8 Å². The Kier molecular flexibility index (Phi) is 5.48. The van der Waals surface area contributed by atoms with Crippen molar-refractivity contribution in [3.8, 4) is 11.5 Å². The van der Waals surface area contributed by atoms with E-state index in [1.165, 1.54) is 18.4 Å². The lowest BCUT2D eigenvalue weighted by molar-refractivity contribution is 0.00861. The van der Waals surface area contributed by atoms with Crippen LogP contribution in [0.3, 0.4) is 0 Å². The fourth-order valence-corrected chi connectivity index (χ4v) is 1.92. The van der Waals surface area contributed by atoms with Gasteiger partial charge in [0, 0.05) is 12.1 Å². The first-order chi connectivity index (χ1) is 9.98. The third-order valence-corrected chi connectivity index (χ3v) is 3.40. The zero-order chi connectivity index (χ0) is 15.3. The van der Waals surface area contributed by atoms with Crippen LogP contribution in [0.25, 0.3) is 0 Å². The summed E-state index contributed by atoms with van der Waals surface area (Å²) < 4.78 is 16.6. The molecule has 0 radical (unpaired) electrons. The van der Waals surface area contributed by atoms with Crippen molar-refractivity contribution >= 4 is 0 Å². The van der Waals surface area contributed by atoms with E-state index in [1.54, 1.807) is 7.11 Å². The monoisotopic (exact) mass is 293 g/mol. The highest BCUT2D eigenvalue weighted by molar-refractivity contribution is 5.42. The smallest absolute Gasteiger partial charge is 0.189 e. The standard InChI is InChI=1S/C17H27NO3/c1-17(2,3)18-10-14-7-8-15(19-4)16(9-14)21-12-20-11-13-5-6-13/h7-9,13,18H,5-6,10-12H2,1-4H3. The van der Waals surface area contributed by atoms with E-state index < -0.39 is 0 Å². The predicted molar refractivity (Wildman–Crippen MR) is 83.8 cm³/mol. The second kappa shape index (κ2) is 7.14. The van der Waals surface area contributed by atoms with Gasteiger partial charge in [-0.25, -0.2) is 0 Å². The summed E-state index contributed by atoms with van der Waals surface area (Å²) in [5.41, 5.74) is 1.26. The summed E-state index contributed by atoms with van der Waals surface area (Å²) in [4.78, 5) is 0. The summed E-state index contributed by atoms with van der Waals surface area (Å²) in [7, 11) is 1.65. The zero-order valence-electron chi connectivity index (χ0n) is 13.6. The summed E-state index contributed by atoms with van der Waals surface area (Å²) in [5, 5.41) is 3.47. The highest BCUT2D eigenvalue weighted by Crippen LogP contribution is 2.30. The molecule has 1 aromatic rings. The van der Waals surface area contributed by atoms with Gasteiger partial charge in [0.15, 0.2) is 18.3 Å². The van der Waals surface area contributed by atoms with E-state index in [4.69, 9.17) is 14.2 Å². The van der Waals surface area contributed by atoms with Gasteiger partial charge in [-0.2, -0.15) is 0 Å². The van der Waals surface area contributed by atoms with Gasteiger partial charge in [0.1, 0.15) is 0 Å². The minimum absolute atomic E-state index is 0.0916. The second-order valence-electron chi connectivity index (χ2n) is 6.67. The van der Waals surface area contributed by atoms with Crippen LogP contribution in [-0.4, -0.2) is 26.0 Å². The topological polar surface area (TPSA) is 39.7 Å². The van der Waals surface area contributed by atoms with Crippen molar-refractivity contribution in [1.29, 1.82) is 0 Å². The molecule has 1 N–H and O–H groups in total. The van der Waals surface area contributed by atoms with Gasteiger partial charge in [-0.15, -0.1) is 0 Å². The van der Waals surface area contributed by atoms with Crippen molar-refractivity contribution in [1.82, 2.24) is 5.32 Å². The lowest BCUT2D eigenvalue weighted by Gasteiger charge is -2.21. The van der Waals surface area contributed by atoms with Gasteiger partial charge in [0.05, 0.1) is 13.7 Å². The number of methoxy groups -OCH3 is 1. The van der Waals surface area contributed by atoms with E-state index >= 15 is 0 Å². The lowest BCUT2D eigenvalue weighted by Crippen LogP contribution is -2.35. The Labute approximate surface area is 127 Å². The molecule has 21 heavy (non-hydrogen) atoms. The summed E-state index contributed by atoms with van der Waals surface area (Å²) in [6.45, 7) is 8.34. The normalized spacial score (nSPS) is 15.0. The second-order valence-corrected chi connectivity index (χ2v) is 6.67. The molecule has 0 atom stereocenters. The molecule has 1 saturated carbocycles. The average molecular weight is 293 g/mol. The quantitative estimate of drug-likeness (QED) is 0.589. The molecule has 1 aliphatic carbocycles. The number of rotatable bonds is 8. The van der Waals surface area contributed by atoms with E-state index in [-0.39, 0.29) is 12.3 Å². The maximum atomic E-state index is 5.70. The van der Waals surface area contributed by atoms with Gasteiger partial charge in [-0.1, -0.05) is 6.07 Å². The highest BCUT2D eigenvalue weighted by Gasteiger charge is 2.21. The summed E-state index contributed by atoms with van der Waals surface area (Å²) >= 11 is 0. The Morgan fingerprint density at radius 2 is 1.95 bits per heavy atom. The Morgan fingerprint density at radius 3 is 2.57 bits per heavy atom. The van der Waals surface area contributed by atoms with Crippen LogP contribution in [-0.2, 0) is 11.3 Å². The van der Waals surface area contributed by atoms with Crippen molar-refractivity contribution < 1.29 is 14.2 Å². The zero-order valence-corrected chi connectivity index (χ0v) is 13.6. The maximum absolute atomic E-state index is 5.70. The number of hydrogen-bond acceptors (Lipinski definition) is 4. The first-order valence-corrected chi connectivity index (χ1v) is 7.60. The van der Waals surface area contributed by atoms with Crippen LogP contribution in [0.1, 0.15) is 39.2 Å². The minimum atomic E-state index is 0.0916. The molecule has 0 amide bonds. The number of hydrogen-bond donors (Lipinski definition) is 1. The van der Waals surface area contributed by atoms with Gasteiger partial charge in [0.2, 0.25) is 0 Å². The molecule has 0 bridgehead atoms. The molecule has 4 nitrogen and oxygen atoms in total. The Morgan fingerprint density at radius 1 is 1.19 bits per heavy atom. The van der Waals surface area contributed by atoms with Crippen LogP contribution in [0.4, 0.5) is 0 Å². The van der Waals surface area contributed by atoms with Gasteiger partial charge >= 0.3 is 0 Å². The third kappa shape index (κ3) is 5.94. The molecule has 1 fully saturated rings. The largest absolute Gasteiger partial charge is 0.493 e. The maximum Gasteiger partial charge on any atom is 0.189 e. The van der Waals surface area contributed by atoms with Crippen LogP contribution < -0.4 is 14.8 Å². The number of ether oxygens (including phenoxy) is 3. The van der Waals surface area contributed by atoms with E-state index in [0.717, 1.165) is 30.6 Å². The Balaban J connectivity index is 1.89. The van der Waals surface area contributed by atoms with Crippen molar-refractivity contribution in [2.24, 2.45) is 5.92 Å². The van der Waals surface area contributed by atoms with Crippen LogP contribution in [0, 0.1) is 5.92 Å². The number of nitrogens with one attached hydrogen (secondary N) is 1. The van der Waals surface area contributed by atoms with Crippen molar-refractivity contribution in [2.45, 2.75) is 45.7 Å². The Hall–Kier alpha value is -1.26. The molecule has 4 heteroatoms. The third-order valence-electron chi connectivity index (χ3n) is 3.40. The van der Waals surface area contributed by atoms with Gasteiger partial charge < -0.3 is 19.5 Å². The van der Waals surface area contributed by atoms with E-state index in [2.05, 4.69) is 32.2 Å². The molecule has 2 rings (SSSR count). The van der Waals surface area contributed by atoms with Crippen LogP contribution in [0.5, 0.6) is 11.5 Å². The first kappa shape index (κ1) is 16.1. The first-order valence-electron chi connectivity index (χ1n) is 7.60.